The van der Waals surface area contributed by atoms with Gasteiger partial charge in [-0.05, 0) is 18.6 Å². The first-order chi connectivity index (χ1) is 11.0. The van der Waals surface area contributed by atoms with E-state index in [1.165, 1.54) is 6.92 Å². The van der Waals surface area contributed by atoms with Crippen molar-refractivity contribution in [3.05, 3.63) is 18.2 Å². The summed E-state index contributed by atoms with van der Waals surface area (Å²) < 4.78 is 10.5. The van der Waals surface area contributed by atoms with Gasteiger partial charge in [-0.15, -0.1) is 0 Å². The molecule has 0 aromatic heterocycles. The largest absolute Gasteiger partial charge is 0.497 e. The van der Waals surface area contributed by atoms with Crippen LogP contribution in [0.5, 0.6) is 11.5 Å². The molecule has 1 aromatic carbocycles. The lowest BCUT2D eigenvalue weighted by atomic mass is 10.2. The van der Waals surface area contributed by atoms with Crippen LogP contribution in [0.1, 0.15) is 33.1 Å². The van der Waals surface area contributed by atoms with Gasteiger partial charge in [-0.2, -0.15) is 0 Å². The first kappa shape index (κ1) is 18.8. The van der Waals surface area contributed by atoms with Crippen molar-refractivity contribution in [1.82, 2.24) is 5.32 Å². The van der Waals surface area contributed by atoms with Crippen LogP contribution in [-0.2, 0) is 9.59 Å². The van der Waals surface area contributed by atoms with E-state index >= 15 is 0 Å². The fourth-order valence-corrected chi connectivity index (χ4v) is 2.19. The first-order valence-electron chi connectivity index (χ1n) is 7.80. The number of nitrogens with one attached hydrogen (secondary N) is 1. The second-order valence-electron chi connectivity index (χ2n) is 5.16. The molecule has 1 rings (SSSR count). The zero-order valence-corrected chi connectivity index (χ0v) is 14.3. The highest BCUT2D eigenvalue weighted by molar-refractivity contribution is 5.93. The average Bonchev–Trinajstić information content (AvgIpc) is 2.56. The molecular weight excluding hydrogens is 296 g/mol. The van der Waals surface area contributed by atoms with Gasteiger partial charge in [-0.25, -0.2) is 0 Å². The molecule has 0 saturated carbocycles. The summed E-state index contributed by atoms with van der Waals surface area (Å²) in [7, 11) is 3.12. The number of rotatable bonds is 9. The molecule has 2 amide bonds. The minimum atomic E-state index is -0.115. The third-order valence-corrected chi connectivity index (χ3v) is 3.47. The van der Waals surface area contributed by atoms with Crippen LogP contribution in [0.2, 0.25) is 0 Å². The van der Waals surface area contributed by atoms with Gasteiger partial charge in [0, 0.05) is 32.5 Å². The lowest BCUT2D eigenvalue weighted by Gasteiger charge is -2.23. The highest BCUT2D eigenvalue weighted by Gasteiger charge is 2.17. The smallest absolute Gasteiger partial charge is 0.224 e. The van der Waals surface area contributed by atoms with Crippen molar-refractivity contribution >= 4 is 17.5 Å². The van der Waals surface area contributed by atoms with Crippen LogP contribution in [0, 0.1) is 0 Å². The molecule has 1 aromatic rings. The fraction of sp³-hybridized carbons (Fsp3) is 0.529. The maximum absolute atomic E-state index is 11.9. The van der Waals surface area contributed by atoms with Gasteiger partial charge < -0.3 is 19.7 Å². The summed E-state index contributed by atoms with van der Waals surface area (Å²) in [5, 5.41) is 2.83. The zero-order valence-electron chi connectivity index (χ0n) is 14.3. The highest BCUT2D eigenvalue weighted by Crippen LogP contribution is 2.32. The van der Waals surface area contributed by atoms with Gasteiger partial charge in [0.15, 0.2) is 0 Å². The minimum Gasteiger partial charge on any atom is -0.497 e. The molecule has 0 heterocycles. The molecule has 6 nitrogen and oxygen atoms in total. The van der Waals surface area contributed by atoms with E-state index in [-0.39, 0.29) is 11.8 Å². The molecule has 0 radical (unpaired) electrons. The molecule has 0 bridgehead atoms. The van der Waals surface area contributed by atoms with Crippen molar-refractivity contribution in [3.8, 4) is 11.5 Å². The molecule has 0 atom stereocenters. The lowest BCUT2D eigenvalue weighted by Crippen LogP contribution is -2.37. The van der Waals surface area contributed by atoms with Gasteiger partial charge in [0.1, 0.15) is 11.5 Å². The van der Waals surface area contributed by atoms with Crippen molar-refractivity contribution in [2.45, 2.75) is 33.1 Å². The minimum absolute atomic E-state index is 0.0112. The Morgan fingerprint density at radius 2 is 1.96 bits per heavy atom. The molecule has 128 valence electrons. The van der Waals surface area contributed by atoms with Gasteiger partial charge >= 0.3 is 0 Å². The third kappa shape index (κ3) is 5.81. The quantitative estimate of drug-likeness (QED) is 0.758. The number of benzene rings is 1. The number of hydrogen-bond acceptors (Lipinski definition) is 4. The third-order valence-electron chi connectivity index (χ3n) is 3.47. The Labute approximate surface area is 137 Å². The van der Waals surface area contributed by atoms with Crippen molar-refractivity contribution in [2.75, 3.05) is 32.2 Å². The summed E-state index contributed by atoms with van der Waals surface area (Å²) in [6.07, 6.45) is 2.37. The van der Waals surface area contributed by atoms with Crippen LogP contribution in [0.3, 0.4) is 0 Å². The van der Waals surface area contributed by atoms with E-state index in [2.05, 4.69) is 5.32 Å². The number of ether oxygens (including phenoxy) is 2. The summed E-state index contributed by atoms with van der Waals surface area (Å²) in [6.45, 7) is 4.32. The molecule has 0 aliphatic carbocycles. The van der Waals surface area contributed by atoms with Crippen molar-refractivity contribution < 1.29 is 19.1 Å². The standard InChI is InChI=1S/C17H26N2O4/c1-5-6-7-17(21)18-10-11-19(13(2)20)15-9-8-14(22-3)12-16(15)23-4/h8-9,12H,5-7,10-11H2,1-4H3,(H,18,21). The van der Waals surface area contributed by atoms with Gasteiger partial charge in [0.05, 0.1) is 19.9 Å². The number of hydrogen-bond donors (Lipinski definition) is 1. The summed E-state index contributed by atoms with van der Waals surface area (Å²) in [5.74, 6) is 1.10. The average molecular weight is 322 g/mol. The van der Waals surface area contributed by atoms with Crippen LogP contribution < -0.4 is 19.7 Å². The molecule has 0 spiro atoms. The van der Waals surface area contributed by atoms with Gasteiger partial charge in [-0.1, -0.05) is 13.3 Å². The number of amides is 2. The number of anilines is 1. The van der Waals surface area contributed by atoms with Crippen LogP contribution in [0.4, 0.5) is 5.69 Å². The van der Waals surface area contributed by atoms with Crippen LogP contribution in [-0.4, -0.2) is 39.1 Å². The predicted octanol–water partition coefficient (Wildman–Crippen LogP) is 2.36. The van der Waals surface area contributed by atoms with Crippen molar-refractivity contribution in [1.29, 1.82) is 0 Å². The van der Waals surface area contributed by atoms with Gasteiger partial charge in [-0.3, -0.25) is 9.59 Å². The fourth-order valence-electron chi connectivity index (χ4n) is 2.19. The number of carbonyl (C=O) groups is 2. The van der Waals surface area contributed by atoms with Gasteiger partial charge in [0.25, 0.3) is 0 Å². The first-order valence-corrected chi connectivity index (χ1v) is 7.80. The predicted molar refractivity (Wildman–Crippen MR) is 90.1 cm³/mol. The van der Waals surface area contributed by atoms with Crippen molar-refractivity contribution in [3.63, 3.8) is 0 Å². The summed E-state index contributed by atoms with van der Waals surface area (Å²) >= 11 is 0. The topological polar surface area (TPSA) is 67.9 Å². The van der Waals surface area contributed by atoms with Crippen molar-refractivity contribution in [2.24, 2.45) is 0 Å². The molecule has 0 fully saturated rings. The van der Waals surface area contributed by atoms with E-state index in [1.807, 2.05) is 6.92 Å². The molecule has 0 unspecified atom stereocenters. The summed E-state index contributed by atoms with van der Waals surface area (Å²) in [5.41, 5.74) is 0.656. The van der Waals surface area contributed by atoms with Crippen LogP contribution >= 0.6 is 0 Å². The van der Waals surface area contributed by atoms with E-state index in [9.17, 15) is 9.59 Å². The molecule has 23 heavy (non-hydrogen) atoms. The molecule has 1 N–H and O–H groups in total. The highest BCUT2D eigenvalue weighted by atomic mass is 16.5. The Bertz CT molecular complexity index is 531. The second kappa shape index (κ2) is 9.71. The number of carbonyl (C=O) groups excluding carboxylic acids is 2. The van der Waals surface area contributed by atoms with E-state index in [1.54, 1.807) is 37.3 Å². The molecular formula is C17H26N2O4. The monoisotopic (exact) mass is 322 g/mol. The Hall–Kier alpha value is -2.24. The molecule has 0 saturated heterocycles. The SMILES string of the molecule is CCCCC(=O)NCCN(C(C)=O)c1ccc(OC)cc1OC. The Kier molecular flexibility index (Phi) is 7.94. The van der Waals surface area contributed by atoms with Gasteiger partial charge in [0.2, 0.25) is 11.8 Å². The lowest BCUT2D eigenvalue weighted by molar-refractivity contribution is -0.121. The Balaban J connectivity index is 2.75. The molecule has 0 aliphatic heterocycles. The van der Waals surface area contributed by atoms with Crippen LogP contribution in [0.15, 0.2) is 18.2 Å². The maximum Gasteiger partial charge on any atom is 0.224 e. The number of nitrogens with zero attached hydrogens (tertiary/aromatic N) is 1. The second-order valence-corrected chi connectivity index (χ2v) is 5.16. The zero-order chi connectivity index (χ0) is 17.2. The van der Waals surface area contributed by atoms with E-state index in [4.69, 9.17) is 9.47 Å². The summed E-state index contributed by atoms with van der Waals surface area (Å²) in [4.78, 5) is 25.2. The normalized spacial score (nSPS) is 10.1. The Morgan fingerprint density at radius 1 is 1.22 bits per heavy atom. The number of methoxy groups -OCH3 is 2. The Morgan fingerprint density at radius 3 is 2.52 bits per heavy atom. The molecule has 0 aliphatic rings. The van der Waals surface area contributed by atoms with E-state index in [0.717, 1.165) is 12.8 Å². The van der Waals surface area contributed by atoms with Crippen LogP contribution in [0.25, 0.3) is 0 Å². The summed E-state index contributed by atoms with van der Waals surface area (Å²) in [6, 6.07) is 5.27. The van der Waals surface area contributed by atoms with E-state index < -0.39 is 0 Å². The number of unbranched alkanes of at least 4 members (excludes halogenated alkanes) is 1. The van der Waals surface area contributed by atoms with E-state index in [0.29, 0.717) is 36.7 Å². The molecule has 6 heteroatoms. The maximum atomic E-state index is 11.9.